The number of ether oxygens (including phenoxy) is 4. The summed E-state index contributed by atoms with van der Waals surface area (Å²) in [6.07, 6.45) is 11.7. The zero-order valence-electron chi connectivity index (χ0n) is 20.7. The molecule has 0 bridgehead atoms. The SMILES string of the molecule is COc1cc(C(=O)N2CCC3(CC2)CC(OCC2CC2)C2=C(CCC=C2)O3)ccc1OC(C)C. The Labute approximate surface area is 202 Å². The molecule has 184 valence electrons. The largest absolute Gasteiger partial charge is 0.493 e. The molecule has 1 unspecified atom stereocenters. The van der Waals surface area contributed by atoms with Crippen LogP contribution in [0.4, 0.5) is 0 Å². The first-order valence-corrected chi connectivity index (χ1v) is 12.8. The highest BCUT2D eigenvalue weighted by atomic mass is 16.5. The Kier molecular flexibility index (Phi) is 6.61. The number of benzene rings is 1. The van der Waals surface area contributed by atoms with Gasteiger partial charge in [0.1, 0.15) is 11.4 Å². The molecule has 4 aliphatic rings. The first-order valence-electron chi connectivity index (χ1n) is 12.8. The first kappa shape index (κ1) is 23.3. The van der Waals surface area contributed by atoms with Crippen molar-refractivity contribution < 1.29 is 23.7 Å². The van der Waals surface area contributed by atoms with Crippen LogP contribution in [-0.2, 0) is 9.47 Å². The van der Waals surface area contributed by atoms with Crippen molar-refractivity contribution in [3.8, 4) is 11.5 Å². The molecule has 1 atom stereocenters. The van der Waals surface area contributed by atoms with E-state index in [-0.39, 0.29) is 23.7 Å². The van der Waals surface area contributed by atoms with Crippen LogP contribution in [0, 0.1) is 5.92 Å². The van der Waals surface area contributed by atoms with Gasteiger partial charge in [0.2, 0.25) is 0 Å². The molecule has 0 radical (unpaired) electrons. The summed E-state index contributed by atoms with van der Waals surface area (Å²) in [6.45, 7) is 6.16. The standard InChI is InChI=1S/C28H37NO5/c1-19(2)33-24-11-10-21(16-25(24)31-3)27(30)29-14-12-28(13-15-29)17-26(32-18-20-8-9-20)22-6-4-5-7-23(22)34-28/h4,6,10-11,16,19-20,26H,5,7-9,12-15,17-18H2,1-3H3. The Balaban J connectivity index is 1.26. The highest BCUT2D eigenvalue weighted by Crippen LogP contribution is 2.44. The van der Waals surface area contributed by atoms with Gasteiger partial charge in [-0.2, -0.15) is 0 Å². The van der Waals surface area contributed by atoms with Crippen LogP contribution in [0.1, 0.15) is 69.2 Å². The van der Waals surface area contributed by atoms with Gasteiger partial charge in [0.25, 0.3) is 5.91 Å². The van der Waals surface area contributed by atoms with Crippen molar-refractivity contribution in [3.63, 3.8) is 0 Å². The molecule has 1 aromatic rings. The maximum absolute atomic E-state index is 13.3. The Morgan fingerprint density at radius 2 is 2.00 bits per heavy atom. The van der Waals surface area contributed by atoms with Gasteiger partial charge in [0.05, 0.1) is 25.9 Å². The van der Waals surface area contributed by atoms with E-state index in [1.165, 1.54) is 18.4 Å². The summed E-state index contributed by atoms with van der Waals surface area (Å²) in [5, 5.41) is 0. The van der Waals surface area contributed by atoms with E-state index in [1.807, 2.05) is 30.9 Å². The topological polar surface area (TPSA) is 57.2 Å². The number of hydrogen-bond donors (Lipinski definition) is 0. The third-order valence-electron chi connectivity index (χ3n) is 7.37. The molecule has 2 fully saturated rings. The summed E-state index contributed by atoms with van der Waals surface area (Å²) in [6, 6.07) is 5.44. The van der Waals surface area contributed by atoms with E-state index in [4.69, 9.17) is 18.9 Å². The molecular weight excluding hydrogens is 430 g/mol. The summed E-state index contributed by atoms with van der Waals surface area (Å²) in [5.74, 6) is 3.13. The summed E-state index contributed by atoms with van der Waals surface area (Å²) >= 11 is 0. The van der Waals surface area contributed by atoms with Crippen LogP contribution in [-0.4, -0.2) is 55.4 Å². The number of rotatable bonds is 7. The minimum absolute atomic E-state index is 0.0297. The fourth-order valence-corrected chi connectivity index (χ4v) is 5.25. The van der Waals surface area contributed by atoms with E-state index in [2.05, 4.69) is 12.2 Å². The van der Waals surface area contributed by atoms with E-state index in [0.717, 1.165) is 50.4 Å². The van der Waals surface area contributed by atoms with Crippen molar-refractivity contribution in [1.82, 2.24) is 4.90 Å². The van der Waals surface area contributed by atoms with Gasteiger partial charge >= 0.3 is 0 Å². The fraction of sp³-hybridized carbons (Fsp3) is 0.607. The van der Waals surface area contributed by atoms with E-state index in [0.29, 0.717) is 30.2 Å². The number of methoxy groups -OCH3 is 1. The van der Waals surface area contributed by atoms with Gasteiger partial charge in [-0.15, -0.1) is 0 Å². The molecule has 2 aliphatic heterocycles. The molecule has 6 heteroatoms. The number of amides is 1. The predicted octanol–water partition coefficient (Wildman–Crippen LogP) is 5.28. The lowest BCUT2D eigenvalue weighted by Crippen LogP contribution is -2.51. The van der Waals surface area contributed by atoms with Crippen molar-refractivity contribution in [3.05, 3.63) is 47.2 Å². The maximum Gasteiger partial charge on any atom is 0.253 e. The Bertz CT molecular complexity index is 969. The lowest BCUT2D eigenvalue weighted by molar-refractivity contribution is -0.0996. The number of carbonyl (C=O) groups is 1. The van der Waals surface area contributed by atoms with Gasteiger partial charge in [-0.1, -0.05) is 12.2 Å². The number of likely N-dealkylation sites (tertiary alicyclic amines) is 1. The van der Waals surface area contributed by atoms with Crippen LogP contribution in [0.2, 0.25) is 0 Å². The number of hydrogen-bond acceptors (Lipinski definition) is 5. The fourth-order valence-electron chi connectivity index (χ4n) is 5.25. The Morgan fingerprint density at radius 1 is 1.21 bits per heavy atom. The second kappa shape index (κ2) is 9.65. The van der Waals surface area contributed by atoms with Crippen molar-refractivity contribution in [1.29, 1.82) is 0 Å². The molecule has 34 heavy (non-hydrogen) atoms. The Hall–Kier alpha value is -2.47. The van der Waals surface area contributed by atoms with Gasteiger partial charge in [-0.3, -0.25) is 4.79 Å². The number of nitrogens with zero attached hydrogens (tertiary/aromatic N) is 1. The highest BCUT2D eigenvalue weighted by molar-refractivity contribution is 5.95. The molecule has 1 saturated heterocycles. The Morgan fingerprint density at radius 3 is 2.71 bits per heavy atom. The minimum Gasteiger partial charge on any atom is -0.493 e. The monoisotopic (exact) mass is 467 g/mol. The van der Waals surface area contributed by atoms with Crippen LogP contribution in [0.3, 0.4) is 0 Å². The van der Waals surface area contributed by atoms with Crippen LogP contribution < -0.4 is 9.47 Å². The molecule has 0 aromatic heterocycles. The van der Waals surface area contributed by atoms with Crippen molar-refractivity contribution in [2.75, 3.05) is 26.8 Å². The van der Waals surface area contributed by atoms with E-state index in [1.54, 1.807) is 13.2 Å². The van der Waals surface area contributed by atoms with Crippen molar-refractivity contribution >= 4 is 5.91 Å². The van der Waals surface area contributed by atoms with Gasteiger partial charge < -0.3 is 23.8 Å². The molecule has 2 aliphatic carbocycles. The zero-order chi connectivity index (χ0) is 23.7. The van der Waals surface area contributed by atoms with Crippen LogP contribution in [0.15, 0.2) is 41.7 Å². The van der Waals surface area contributed by atoms with E-state index in [9.17, 15) is 4.79 Å². The molecule has 2 heterocycles. The average Bonchev–Trinajstić information content (AvgIpc) is 3.67. The molecule has 0 N–H and O–H groups in total. The summed E-state index contributed by atoms with van der Waals surface area (Å²) in [7, 11) is 1.60. The molecular formula is C28H37NO5. The van der Waals surface area contributed by atoms with Crippen molar-refractivity contribution in [2.45, 2.75) is 76.6 Å². The molecule has 1 saturated carbocycles. The van der Waals surface area contributed by atoms with E-state index < -0.39 is 0 Å². The van der Waals surface area contributed by atoms with Crippen LogP contribution in [0.5, 0.6) is 11.5 Å². The van der Waals surface area contributed by atoms with Gasteiger partial charge in [0, 0.05) is 49.9 Å². The highest BCUT2D eigenvalue weighted by Gasteiger charge is 2.45. The molecule has 1 spiro atoms. The van der Waals surface area contributed by atoms with Gasteiger partial charge in [-0.05, 0) is 57.2 Å². The number of piperidine rings is 1. The first-order chi connectivity index (χ1) is 16.5. The predicted molar refractivity (Wildman–Crippen MR) is 130 cm³/mol. The number of allylic oxidation sites excluding steroid dienone is 2. The average molecular weight is 468 g/mol. The lowest BCUT2D eigenvalue weighted by Gasteiger charge is -2.47. The van der Waals surface area contributed by atoms with E-state index >= 15 is 0 Å². The molecule has 1 amide bonds. The quantitative estimate of drug-likeness (QED) is 0.546. The summed E-state index contributed by atoms with van der Waals surface area (Å²) in [4.78, 5) is 15.2. The minimum atomic E-state index is -0.234. The van der Waals surface area contributed by atoms with Gasteiger partial charge in [-0.25, -0.2) is 0 Å². The third kappa shape index (κ3) is 4.97. The molecule has 5 rings (SSSR count). The smallest absolute Gasteiger partial charge is 0.253 e. The van der Waals surface area contributed by atoms with Crippen LogP contribution in [0.25, 0.3) is 0 Å². The second-order valence-electron chi connectivity index (χ2n) is 10.4. The van der Waals surface area contributed by atoms with Gasteiger partial charge in [0.15, 0.2) is 11.5 Å². The molecule has 1 aromatic carbocycles. The lowest BCUT2D eigenvalue weighted by atomic mass is 9.80. The summed E-state index contributed by atoms with van der Waals surface area (Å²) < 4.78 is 24.4. The molecule has 6 nitrogen and oxygen atoms in total. The third-order valence-corrected chi connectivity index (χ3v) is 7.37. The number of carbonyl (C=O) groups excluding carboxylic acids is 1. The maximum atomic E-state index is 13.3. The zero-order valence-corrected chi connectivity index (χ0v) is 20.7. The normalized spacial score (nSPS) is 23.6. The van der Waals surface area contributed by atoms with Crippen LogP contribution >= 0.6 is 0 Å². The van der Waals surface area contributed by atoms with Crippen molar-refractivity contribution in [2.24, 2.45) is 5.92 Å². The second-order valence-corrected chi connectivity index (χ2v) is 10.4. The summed E-state index contributed by atoms with van der Waals surface area (Å²) in [5.41, 5.74) is 1.63.